The van der Waals surface area contributed by atoms with E-state index in [0.29, 0.717) is 24.2 Å². The van der Waals surface area contributed by atoms with Crippen LogP contribution >= 0.6 is 15.9 Å². The summed E-state index contributed by atoms with van der Waals surface area (Å²) in [7, 11) is -3.02. The Labute approximate surface area is 174 Å². The molecule has 1 saturated heterocycles. The molecule has 1 aromatic carbocycles. The lowest BCUT2D eigenvalue weighted by Crippen LogP contribution is -2.42. The van der Waals surface area contributed by atoms with Gasteiger partial charge in [-0.2, -0.15) is 0 Å². The van der Waals surface area contributed by atoms with E-state index in [9.17, 15) is 13.5 Å². The van der Waals surface area contributed by atoms with Gasteiger partial charge in [-0.05, 0) is 71.6 Å². The van der Waals surface area contributed by atoms with E-state index >= 15 is 0 Å². The average Bonchev–Trinajstić information content (AvgIpc) is 3.16. The fourth-order valence-electron chi connectivity index (χ4n) is 3.58. The molecule has 0 bridgehead atoms. The van der Waals surface area contributed by atoms with E-state index in [2.05, 4.69) is 22.0 Å². The molecule has 1 aliphatic rings. The summed E-state index contributed by atoms with van der Waals surface area (Å²) in [5.74, 6) is 1.74. The number of hydrogen-bond acceptors (Lipinski definition) is 6. The number of halogens is 1. The van der Waals surface area contributed by atoms with Gasteiger partial charge >= 0.3 is 0 Å². The first kappa shape index (κ1) is 21.4. The normalized spacial score (nSPS) is 19.8. The molecule has 0 radical (unpaired) electrons. The topological polar surface area (TPSA) is 80.0 Å². The first-order valence-corrected chi connectivity index (χ1v) is 11.9. The Hall–Kier alpha value is -1.35. The van der Waals surface area contributed by atoms with Gasteiger partial charge in [-0.3, -0.25) is 4.90 Å². The van der Waals surface area contributed by atoms with Crippen LogP contribution in [-0.4, -0.2) is 55.2 Å². The summed E-state index contributed by atoms with van der Waals surface area (Å²) < 4.78 is 35.8. The number of sulfone groups is 1. The first-order valence-electron chi connectivity index (χ1n) is 9.28. The standard InChI is InChI=1S/C20H26BrNO5S/c1-14-7-15(2)9-19(8-14)26-12-17(23)10-22(11-18-3-4-20(21)27-18)16-5-6-28(24,25)13-16/h3-4,7-9,16-17,23H,5-6,10-13H2,1-2H3. The van der Waals surface area contributed by atoms with Crippen LogP contribution < -0.4 is 4.74 Å². The molecular weight excluding hydrogens is 446 g/mol. The van der Waals surface area contributed by atoms with Gasteiger partial charge in [0.1, 0.15) is 24.2 Å². The number of aliphatic hydroxyl groups is 1. The minimum Gasteiger partial charge on any atom is -0.491 e. The Morgan fingerprint density at radius 2 is 2.00 bits per heavy atom. The Balaban J connectivity index is 1.64. The predicted octanol–water partition coefficient (Wildman–Crippen LogP) is 3.09. The minimum atomic E-state index is -3.02. The summed E-state index contributed by atoms with van der Waals surface area (Å²) in [5.41, 5.74) is 2.20. The third-order valence-corrected chi connectivity index (χ3v) is 6.97. The molecular formula is C20H26BrNO5S. The highest BCUT2D eigenvalue weighted by Gasteiger charge is 2.33. The number of hydrogen-bond donors (Lipinski definition) is 1. The Bertz CT molecular complexity index is 891. The molecule has 0 spiro atoms. The summed E-state index contributed by atoms with van der Waals surface area (Å²) in [6, 6.07) is 9.44. The molecule has 6 nitrogen and oxygen atoms in total. The van der Waals surface area contributed by atoms with Crippen LogP contribution in [0.5, 0.6) is 5.75 Å². The van der Waals surface area contributed by atoms with Crippen molar-refractivity contribution in [3.63, 3.8) is 0 Å². The van der Waals surface area contributed by atoms with Crippen LogP contribution in [0.1, 0.15) is 23.3 Å². The van der Waals surface area contributed by atoms with E-state index in [1.54, 1.807) is 6.07 Å². The predicted molar refractivity (Wildman–Crippen MR) is 111 cm³/mol. The van der Waals surface area contributed by atoms with Gasteiger partial charge in [0.15, 0.2) is 14.5 Å². The van der Waals surface area contributed by atoms with Crippen LogP contribution in [0.15, 0.2) is 39.4 Å². The number of aliphatic hydroxyl groups excluding tert-OH is 1. The lowest BCUT2D eigenvalue weighted by atomic mass is 10.1. The second-order valence-corrected chi connectivity index (χ2v) is 10.5. The molecule has 1 aliphatic heterocycles. The van der Waals surface area contributed by atoms with Crippen molar-refractivity contribution in [3.05, 3.63) is 51.9 Å². The number of aryl methyl sites for hydroxylation is 2. The van der Waals surface area contributed by atoms with Gasteiger partial charge in [0.2, 0.25) is 0 Å². The highest BCUT2D eigenvalue weighted by molar-refractivity contribution is 9.10. The highest BCUT2D eigenvalue weighted by Crippen LogP contribution is 2.23. The van der Waals surface area contributed by atoms with Crippen LogP contribution in [0.2, 0.25) is 0 Å². The zero-order valence-electron chi connectivity index (χ0n) is 16.1. The zero-order chi connectivity index (χ0) is 20.3. The quantitative estimate of drug-likeness (QED) is 0.636. The molecule has 8 heteroatoms. The van der Waals surface area contributed by atoms with E-state index in [1.807, 2.05) is 36.9 Å². The van der Waals surface area contributed by atoms with Gasteiger partial charge < -0.3 is 14.3 Å². The fourth-order valence-corrected chi connectivity index (χ4v) is 5.68. The molecule has 3 rings (SSSR count). The molecule has 1 fully saturated rings. The maximum atomic E-state index is 11.9. The van der Waals surface area contributed by atoms with Gasteiger partial charge in [0.05, 0.1) is 18.1 Å². The van der Waals surface area contributed by atoms with E-state index in [1.165, 1.54) is 0 Å². The number of nitrogens with zero attached hydrogens (tertiary/aromatic N) is 1. The molecule has 2 atom stereocenters. The SMILES string of the molecule is Cc1cc(C)cc(OCC(O)CN(Cc2ccc(Br)o2)C2CCS(=O)(=O)C2)c1. The fraction of sp³-hybridized carbons (Fsp3) is 0.500. The largest absolute Gasteiger partial charge is 0.491 e. The lowest BCUT2D eigenvalue weighted by Gasteiger charge is -2.29. The average molecular weight is 472 g/mol. The third-order valence-electron chi connectivity index (χ3n) is 4.80. The number of ether oxygens (including phenoxy) is 1. The molecule has 1 N–H and O–H groups in total. The molecule has 1 aromatic heterocycles. The summed E-state index contributed by atoms with van der Waals surface area (Å²) in [5, 5.41) is 10.5. The van der Waals surface area contributed by atoms with Crippen LogP contribution in [0, 0.1) is 13.8 Å². The van der Waals surface area contributed by atoms with Gasteiger partial charge in [0, 0.05) is 12.6 Å². The zero-order valence-corrected chi connectivity index (χ0v) is 18.5. The molecule has 0 saturated carbocycles. The van der Waals surface area contributed by atoms with Crippen molar-refractivity contribution in [1.29, 1.82) is 0 Å². The van der Waals surface area contributed by atoms with E-state index in [0.717, 1.165) is 22.6 Å². The second kappa shape index (κ2) is 8.98. The van der Waals surface area contributed by atoms with Crippen molar-refractivity contribution in [2.75, 3.05) is 24.7 Å². The molecule has 2 heterocycles. The van der Waals surface area contributed by atoms with E-state index in [-0.39, 0.29) is 24.2 Å². The molecule has 154 valence electrons. The van der Waals surface area contributed by atoms with Crippen molar-refractivity contribution in [1.82, 2.24) is 4.90 Å². The van der Waals surface area contributed by atoms with Crippen molar-refractivity contribution < 1.29 is 22.7 Å². The summed E-state index contributed by atoms with van der Waals surface area (Å²) in [6.07, 6.45) is -0.183. The van der Waals surface area contributed by atoms with Crippen molar-refractivity contribution in [3.8, 4) is 5.75 Å². The van der Waals surface area contributed by atoms with Crippen molar-refractivity contribution in [2.45, 2.75) is 39.0 Å². The summed E-state index contributed by atoms with van der Waals surface area (Å²) in [4.78, 5) is 1.98. The van der Waals surface area contributed by atoms with E-state index < -0.39 is 15.9 Å². The smallest absolute Gasteiger partial charge is 0.169 e. The Morgan fingerprint density at radius 1 is 1.29 bits per heavy atom. The maximum Gasteiger partial charge on any atom is 0.169 e. The Morgan fingerprint density at radius 3 is 2.57 bits per heavy atom. The van der Waals surface area contributed by atoms with Crippen molar-refractivity contribution >= 4 is 25.8 Å². The van der Waals surface area contributed by atoms with Crippen LogP contribution in [0.25, 0.3) is 0 Å². The number of furan rings is 1. The maximum absolute atomic E-state index is 11.9. The van der Waals surface area contributed by atoms with Crippen LogP contribution in [0.4, 0.5) is 0 Å². The van der Waals surface area contributed by atoms with Gasteiger partial charge in [-0.15, -0.1) is 0 Å². The highest BCUT2D eigenvalue weighted by atomic mass is 79.9. The number of rotatable bonds is 8. The summed E-state index contributed by atoms with van der Waals surface area (Å²) >= 11 is 3.29. The molecule has 0 amide bonds. The molecule has 0 aliphatic carbocycles. The molecule has 2 aromatic rings. The van der Waals surface area contributed by atoms with Gasteiger partial charge in [0.25, 0.3) is 0 Å². The van der Waals surface area contributed by atoms with Crippen LogP contribution in [0.3, 0.4) is 0 Å². The molecule has 2 unspecified atom stereocenters. The van der Waals surface area contributed by atoms with Crippen molar-refractivity contribution in [2.24, 2.45) is 0 Å². The minimum absolute atomic E-state index is 0.111. The van der Waals surface area contributed by atoms with Gasteiger partial charge in [-0.1, -0.05) is 6.07 Å². The van der Waals surface area contributed by atoms with E-state index in [4.69, 9.17) is 9.15 Å². The monoisotopic (exact) mass is 471 g/mol. The summed E-state index contributed by atoms with van der Waals surface area (Å²) in [6.45, 7) is 4.89. The first-order chi connectivity index (χ1) is 13.2. The Kier molecular flexibility index (Phi) is 6.85. The van der Waals surface area contributed by atoms with Crippen LogP contribution in [-0.2, 0) is 16.4 Å². The lowest BCUT2D eigenvalue weighted by molar-refractivity contribution is 0.0495. The number of benzene rings is 1. The van der Waals surface area contributed by atoms with Gasteiger partial charge in [-0.25, -0.2) is 8.42 Å². The second-order valence-electron chi connectivity index (χ2n) is 7.48. The molecule has 28 heavy (non-hydrogen) atoms. The third kappa shape index (κ3) is 6.07.